The van der Waals surface area contributed by atoms with Crippen LogP contribution in [0.25, 0.3) is 0 Å². The molecule has 7 nitrogen and oxygen atoms in total. The second kappa shape index (κ2) is 4.69. The summed E-state index contributed by atoms with van der Waals surface area (Å²) in [4.78, 5) is 0. The Kier molecular flexibility index (Phi) is 3.69. The minimum atomic E-state index is -3.64. The van der Waals surface area contributed by atoms with Crippen molar-refractivity contribution in [1.82, 2.24) is 0 Å². The second-order valence-corrected chi connectivity index (χ2v) is 6.44. The van der Waals surface area contributed by atoms with Crippen molar-refractivity contribution in [2.75, 3.05) is 20.0 Å². The zero-order chi connectivity index (χ0) is 13.6. The van der Waals surface area contributed by atoms with Gasteiger partial charge in [-0.3, -0.25) is 4.18 Å². The summed E-state index contributed by atoms with van der Waals surface area (Å²) in [6.07, 6.45) is -1.58. The van der Waals surface area contributed by atoms with Gasteiger partial charge < -0.3 is 18.9 Å². The van der Waals surface area contributed by atoms with Crippen LogP contribution in [0.1, 0.15) is 13.8 Å². The molecule has 8 heteroatoms. The van der Waals surface area contributed by atoms with Gasteiger partial charge in [0.05, 0.1) is 12.9 Å². The summed E-state index contributed by atoms with van der Waals surface area (Å²) in [5.74, 6) is -0.791. The van der Waals surface area contributed by atoms with Gasteiger partial charge in [-0.25, -0.2) is 0 Å². The van der Waals surface area contributed by atoms with Gasteiger partial charge in [-0.2, -0.15) is 8.42 Å². The Balaban J connectivity index is 2.20. The average molecular weight is 282 g/mol. The number of rotatable bonds is 3. The van der Waals surface area contributed by atoms with Gasteiger partial charge >= 0.3 is 0 Å². The van der Waals surface area contributed by atoms with Crippen molar-refractivity contribution in [2.45, 2.75) is 44.2 Å². The van der Waals surface area contributed by atoms with Gasteiger partial charge in [-0.1, -0.05) is 0 Å². The Morgan fingerprint density at radius 1 is 1.28 bits per heavy atom. The summed E-state index contributed by atoms with van der Waals surface area (Å²) >= 11 is 0. The van der Waals surface area contributed by atoms with E-state index in [0.717, 1.165) is 6.26 Å². The van der Waals surface area contributed by atoms with Crippen LogP contribution in [0.4, 0.5) is 0 Å². The first kappa shape index (κ1) is 14.2. The maximum absolute atomic E-state index is 11.3. The zero-order valence-electron chi connectivity index (χ0n) is 10.8. The predicted octanol–water partition coefficient (Wildman–Crippen LogP) is -0.146. The minimum Gasteiger partial charge on any atom is -0.353 e. The van der Waals surface area contributed by atoms with Crippen LogP contribution in [0.15, 0.2) is 0 Å². The Bertz CT molecular complexity index is 404. The Hall–Kier alpha value is -0.250. The van der Waals surface area contributed by atoms with Crippen molar-refractivity contribution in [1.29, 1.82) is 0 Å². The highest BCUT2D eigenvalue weighted by Crippen LogP contribution is 2.36. The fourth-order valence-electron chi connectivity index (χ4n) is 2.21. The molecule has 2 aliphatic rings. The Morgan fingerprint density at radius 2 is 1.94 bits per heavy atom. The maximum Gasteiger partial charge on any atom is 0.264 e. The molecule has 0 amide bonds. The van der Waals surface area contributed by atoms with Crippen molar-refractivity contribution in [3.05, 3.63) is 0 Å². The number of fused-ring (bicyclic) bond motifs is 1. The molecule has 4 atom stereocenters. The first-order chi connectivity index (χ1) is 8.22. The molecule has 2 rings (SSSR count). The molecule has 0 N–H and O–H groups in total. The van der Waals surface area contributed by atoms with Crippen LogP contribution >= 0.6 is 0 Å². The number of ether oxygens (including phenoxy) is 4. The van der Waals surface area contributed by atoms with E-state index < -0.39 is 34.4 Å². The van der Waals surface area contributed by atoms with Crippen molar-refractivity contribution < 1.29 is 31.5 Å². The summed E-state index contributed by atoms with van der Waals surface area (Å²) in [6.45, 7) is 3.78. The molecule has 106 valence electrons. The standard InChI is InChI=1S/C10H18O7S/c1-10(2)15-6-5-14-9(13-3)8(7(6)16-10)17-18(4,11)12/h6-9H,5H2,1-4H3/t6-,7-,8-,9+/m1/s1. The van der Waals surface area contributed by atoms with E-state index in [0.29, 0.717) is 0 Å². The van der Waals surface area contributed by atoms with E-state index in [1.807, 2.05) is 0 Å². The minimum absolute atomic E-state index is 0.274. The maximum atomic E-state index is 11.3. The molecule has 0 aromatic carbocycles. The molecule has 0 saturated carbocycles. The van der Waals surface area contributed by atoms with E-state index in [-0.39, 0.29) is 12.7 Å². The number of hydrogen-bond acceptors (Lipinski definition) is 7. The van der Waals surface area contributed by atoms with Crippen molar-refractivity contribution in [2.24, 2.45) is 0 Å². The predicted molar refractivity (Wildman–Crippen MR) is 60.3 cm³/mol. The van der Waals surface area contributed by atoms with Gasteiger partial charge in [0, 0.05) is 7.11 Å². The third kappa shape index (κ3) is 3.01. The molecule has 18 heavy (non-hydrogen) atoms. The smallest absolute Gasteiger partial charge is 0.264 e. The molecule has 0 bridgehead atoms. The van der Waals surface area contributed by atoms with Crippen molar-refractivity contribution in [3.63, 3.8) is 0 Å². The molecule has 0 aliphatic carbocycles. The topological polar surface area (TPSA) is 80.3 Å². The molecule has 0 unspecified atom stereocenters. The van der Waals surface area contributed by atoms with Gasteiger partial charge in [0.15, 0.2) is 18.2 Å². The largest absolute Gasteiger partial charge is 0.353 e. The van der Waals surface area contributed by atoms with E-state index in [1.54, 1.807) is 13.8 Å². The molecule has 2 heterocycles. The van der Waals surface area contributed by atoms with Gasteiger partial charge in [-0.15, -0.1) is 0 Å². The lowest BCUT2D eigenvalue weighted by molar-refractivity contribution is -0.233. The van der Waals surface area contributed by atoms with E-state index >= 15 is 0 Å². The highest BCUT2D eigenvalue weighted by Gasteiger charge is 2.53. The molecule has 0 aromatic heterocycles. The van der Waals surface area contributed by atoms with Crippen LogP contribution in [0.5, 0.6) is 0 Å². The first-order valence-corrected chi connectivity index (χ1v) is 7.42. The van der Waals surface area contributed by atoms with E-state index in [1.165, 1.54) is 7.11 Å². The van der Waals surface area contributed by atoms with Crippen LogP contribution in [-0.4, -0.2) is 58.8 Å². The number of hydrogen-bond donors (Lipinski definition) is 0. The summed E-state index contributed by atoms with van der Waals surface area (Å²) in [6, 6.07) is 0. The van der Waals surface area contributed by atoms with Crippen LogP contribution in [0.2, 0.25) is 0 Å². The molecular weight excluding hydrogens is 264 g/mol. The quantitative estimate of drug-likeness (QED) is 0.666. The van der Waals surface area contributed by atoms with Crippen LogP contribution < -0.4 is 0 Å². The van der Waals surface area contributed by atoms with E-state index in [9.17, 15) is 8.42 Å². The highest BCUT2D eigenvalue weighted by molar-refractivity contribution is 7.86. The monoisotopic (exact) mass is 282 g/mol. The van der Waals surface area contributed by atoms with Gasteiger partial charge in [-0.05, 0) is 13.8 Å². The van der Waals surface area contributed by atoms with E-state index in [4.69, 9.17) is 23.1 Å². The third-order valence-corrected chi connectivity index (χ3v) is 3.33. The van der Waals surface area contributed by atoms with Gasteiger partial charge in [0.25, 0.3) is 10.1 Å². The molecule has 0 aromatic rings. The lowest BCUT2D eigenvalue weighted by atomic mass is 10.1. The molecule has 2 saturated heterocycles. The second-order valence-electron chi connectivity index (χ2n) is 4.84. The molecule has 2 fully saturated rings. The van der Waals surface area contributed by atoms with Crippen LogP contribution in [-0.2, 0) is 33.2 Å². The summed E-state index contributed by atoms with van der Waals surface area (Å²) in [5, 5.41) is 0. The zero-order valence-corrected chi connectivity index (χ0v) is 11.6. The summed E-state index contributed by atoms with van der Waals surface area (Å²) < 4.78 is 49.3. The Labute approximate surface area is 106 Å². The normalized spacial score (nSPS) is 39.6. The average Bonchev–Trinajstić information content (AvgIpc) is 2.51. The molecule has 2 aliphatic heterocycles. The van der Waals surface area contributed by atoms with Crippen LogP contribution in [0, 0.1) is 0 Å². The lowest BCUT2D eigenvalue weighted by Gasteiger charge is -2.35. The molecule has 0 radical (unpaired) electrons. The van der Waals surface area contributed by atoms with Crippen LogP contribution in [0.3, 0.4) is 0 Å². The highest BCUT2D eigenvalue weighted by atomic mass is 32.2. The van der Waals surface area contributed by atoms with Gasteiger partial charge in [0.1, 0.15) is 12.2 Å². The van der Waals surface area contributed by atoms with E-state index in [2.05, 4.69) is 0 Å². The fraction of sp³-hybridized carbons (Fsp3) is 1.00. The number of methoxy groups -OCH3 is 1. The Morgan fingerprint density at radius 3 is 2.50 bits per heavy atom. The first-order valence-electron chi connectivity index (χ1n) is 5.60. The molecule has 0 spiro atoms. The lowest BCUT2D eigenvalue weighted by Crippen LogP contribution is -2.54. The van der Waals surface area contributed by atoms with Gasteiger partial charge in [0.2, 0.25) is 0 Å². The summed E-state index contributed by atoms with van der Waals surface area (Å²) in [7, 11) is -2.22. The SMILES string of the molecule is CO[C@H]1OC[C@H]2OC(C)(C)O[C@H]2[C@H]1OS(C)(=O)=O. The molecular formula is C10H18O7S. The third-order valence-electron chi connectivity index (χ3n) is 2.76. The van der Waals surface area contributed by atoms with Crippen molar-refractivity contribution >= 4 is 10.1 Å². The summed E-state index contributed by atoms with van der Waals surface area (Å²) in [5.41, 5.74) is 0. The van der Waals surface area contributed by atoms with Crippen molar-refractivity contribution in [3.8, 4) is 0 Å². The fourth-order valence-corrected chi connectivity index (χ4v) is 2.82.